The van der Waals surface area contributed by atoms with Crippen LogP contribution in [-0.4, -0.2) is 39.5 Å². The van der Waals surface area contributed by atoms with Gasteiger partial charge in [-0.15, -0.1) is 0 Å². The molecule has 0 fully saturated rings. The Bertz CT molecular complexity index is 389. The number of ether oxygens (including phenoxy) is 1. The molecule has 0 atom stereocenters. The smallest absolute Gasteiger partial charge is 0.409 e. The predicted molar refractivity (Wildman–Crippen MR) is 78.6 cm³/mol. The molecule has 0 saturated heterocycles. The first-order valence-electron chi connectivity index (χ1n) is 6.44. The summed E-state index contributed by atoms with van der Waals surface area (Å²) in [7, 11) is 0.214. The van der Waals surface area contributed by atoms with Crippen LogP contribution in [0.25, 0.3) is 0 Å². The topological polar surface area (TPSA) is 38.8 Å². The maximum absolute atomic E-state index is 11.7. The van der Waals surface area contributed by atoms with E-state index in [-0.39, 0.29) is 6.09 Å². The molecule has 0 unspecified atom stereocenters. The van der Waals surface area contributed by atoms with Gasteiger partial charge >= 0.3 is 6.09 Å². The molecule has 1 amide bonds. The number of benzene rings is 1. The van der Waals surface area contributed by atoms with Gasteiger partial charge in [-0.05, 0) is 25.2 Å². The van der Waals surface area contributed by atoms with Gasteiger partial charge in [0.1, 0.15) is 6.61 Å². The Labute approximate surface area is 116 Å². The minimum atomic E-state index is -1.51. The van der Waals surface area contributed by atoms with Crippen LogP contribution in [0.15, 0.2) is 30.3 Å². The van der Waals surface area contributed by atoms with Crippen LogP contribution < -0.4 is 0 Å². The monoisotopic (exact) mass is 281 g/mol. The van der Waals surface area contributed by atoms with Gasteiger partial charge in [-0.3, -0.25) is 0 Å². The summed E-state index contributed by atoms with van der Waals surface area (Å²) in [6, 6.07) is 9.65. The maximum Gasteiger partial charge on any atom is 0.409 e. The summed E-state index contributed by atoms with van der Waals surface area (Å²) in [5.41, 5.74) is 0.989. The van der Waals surface area contributed by atoms with Gasteiger partial charge in [0.25, 0.3) is 0 Å². The molecule has 1 rings (SSSR count). The van der Waals surface area contributed by atoms with Crippen molar-refractivity contribution >= 4 is 14.4 Å². The van der Waals surface area contributed by atoms with Crippen molar-refractivity contribution in [3.8, 4) is 0 Å². The van der Waals surface area contributed by atoms with Crippen molar-refractivity contribution in [1.82, 2.24) is 4.90 Å². The second-order valence-electron chi connectivity index (χ2n) is 5.42. The van der Waals surface area contributed by atoms with Gasteiger partial charge < -0.3 is 14.1 Å². The number of carbonyl (C=O) groups excluding carboxylic acids is 1. The third-order valence-electron chi connectivity index (χ3n) is 2.48. The van der Waals surface area contributed by atoms with E-state index < -0.39 is 8.32 Å². The second-order valence-corrected chi connectivity index (χ2v) is 9.94. The number of likely N-dealkylation sites (N-methyl/N-ethyl adjacent to an activating group) is 1. The van der Waals surface area contributed by atoms with Crippen LogP contribution in [0.3, 0.4) is 0 Å². The second kappa shape index (κ2) is 7.30. The van der Waals surface area contributed by atoms with Gasteiger partial charge in [-0.25, -0.2) is 4.79 Å². The number of rotatable bonds is 6. The van der Waals surface area contributed by atoms with Gasteiger partial charge in [0.15, 0.2) is 8.32 Å². The third-order valence-corrected chi connectivity index (χ3v) is 3.55. The van der Waals surface area contributed by atoms with Crippen LogP contribution in [0.2, 0.25) is 19.6 Å². The summed E-state index contributed by atoms with van der Waals surface area (Å²) in [6.45, 7) is 7.80. The Kier molecular flexibility index (Phi) is 6.04. The molecule has 0 spiro atoms. The first-order chi connectivity index (χ1) is 8.88. The van der Waals surface area contributed by atoms with Crippen molar-refractivity contribution in [2.75, 3.05) is 20.2 Å². The first kappa shape index (κ1) is 15.7. The minimum Gasteiger partial charge on any atom is -0.445 e. The highest BCUT2D eigenvalue weighted by atomic mass is 28.4. The number of amides is 1. The van der Waals surface area contributed by atoms with Crippen molar-refractivity contribution in [2.24, 2.45) is 0 Å². The largest absolute Gasteiger partial charge is 0.445 e. The Balaban J connectivity index is 2.25. The molecular weight excluding hydrogens is 258 g/mol. The van der Waals surface area contributed by atoms with Crippen molar-refractivity contribution in [1.29, 1.82) is 0 Å². The van der Waals surface area contributed by atoms with Crippen LogP contribution in [0, 0.1) is 0 Å². The van der Waals surface area contributed by atoms with E-state index in [4.69, 9.17) is 9.16 Å². The van der Waals surface area contributed by atoms with E-state index in [0.717, 1.165) is 5.56 Å². The van der Waals surface area contributed by atoms with E-state index in [1.807, 2.05) is 30.3 Å². The molecule has 0 heterocycles. The fourth-order valence-corrected chi connectivity index (χ4v) is 2.11. The average molecular weight is 281 g/mol. The number of hydrogen-bond donors (Lipinski definition) is 0. The highest BCUT2D eigenvalue weighted by molar-refractivity contribution is 6.69. The maximum atomic E-state index is 11.7. The number of hydrogen-bond acceptors (Lipinski definition) is 3. The molecule has 0 aromatic heterocycles. The molecule has 0 N–H and O–H groups in total. The molecule has 0 aliphatic rings. The van der Waals surface area contributed by atoms with E-state index in [1.165, 1.54) is 0 Å². The number of carbonyl (C=O) groups is 1. The predicted octanol–water partition coefficient (Wildman–Crippen LogP) is 3.11. The summed E-state index contributed by atoms with van der Waals surface area (Å²) in [6.07, 6.45) is -0.317. The average Bonchev–Trinajstić information content (AvgIpc) is 2.35. The lowest BCUT2D eigenvalue weighted by Gasteiger charge is -2.21. The van der Waals surface area contributed by atoms with E-state index in [9.17, 15) is 4.79 Å². The van der Waals surface area contributed by atoms with Crippen molar-refractivity contribution < 1.29 is 14.0 Å². The van der Waals surface area contributed by atoms with Crippen molar-refractivity contribution in [2.45, 2.75) is 26.2 Å². The SMILES string of the molecule is CN(CCO[Si](C)(C)C)C(=O)OCc1ccccc1. The van der Waals surface area contributed by atoms with Gasteiger partial charge in [0.05, 0.1) is 6.61 Å². The zero-order valence-electron chi connectivity index (χ0n) is 12.2. The molecule has 0 saturated carbocycles. The summed E-state index contributed by atoms with van der Waals surface area (Å²) in [5, 5.41) is 0. The molecule has 4 nitrogen and oxygen atoms in total. The van der Waals surface area contributed by atoms with Crippen molar-refractivity contribution in [3.63, 3.8) is 0 Å². The normalized spacial score (nSPS) is 11.2. The molecule has 1 aromatic carbocycles. The fraction of sp³-hybridized carbons (Fsp3) is 0.500. The van der Waals surface area contributed by atoms with Gasteiger partial charge in [-0.1, -0.05) is 30.3 Å². The Morgan fingerprint density at radius 1 is 1.21 bits per heavy atom. The number of nitrogens with zero attached hydrogens (tertiary/aromatic N) is 1. The Hall–Kier alpha value is -1.33. The third kappa shape index (κ3) is 6.98. The zero-order chi connectivity index (χ0) is 14.3. The molecule has 0 aliphatic heterocycles. The molecule has 0 bridgehead atoms. The summed E-state index contributed by atoms with van der Waals surface area (Å²) >= 11 is 0. The molecule has 0 radical (unpaired) electrons. The lowest BCUT2D eigenvalue weighted by molar-refractivity contribution is 0.0990. The van der Waals surface area contributed by atoms with E-state index in [2.05, 4.69) is 19.6 Å². The molecule has 0 aliphatic carbocycles. The van der Waals surface area contributed by atoms with E-state index in [0.29, 0.717) is 19.8 Å². The van der Waals surface area contributed by atoms with Crippen LogP contribution in [0.5, 0.6) is 0 Å². The molecular formula is C14H23NO3Si. The minimum absolute atomic E-state index is 0.304. The van der Waals surface area contributed by atoms with Gasteiger partial charge in [-0.2, -0.15) is 0 Å². The van der Waals surface area contributed by atoms with E-state index >= 15 is 0 Å². The van der Waals surface area contributed by atoms with Gasteiger partial charge in [0, 0.05) is 13.6 Å². The van der Waals surface area contributed by atoms with Gasteiger partial charge in [0.2, 0.25) is 0 Å². The lowest BCUT2D eigenvalue weighted by atomic mass is 10.2. The quantitative estimate of drug-likeness (QED) is 0.752. The first-order valence-corrected chi connectivity index (χ1v) is 9.85. The highest BCUT2D eigenvalue weighted by Crippen LogP contribution is 2.04. The summed E-state index contributed by atoms with van der Waals surface area (Å²) < 4.78 is 10.9. The van der Waals surface area contributed by atoms with Crippen molar-refractivity contribution in [3.05, 3.63) is 35.9 Å². The zero-order valence-corrected chi connectivity index (χ0v) is 13.2. The van der Waals surface area contributed by atoms with Crippen LogP contribution in [-0.2, 0) is 15.8 Å². The molecule has 106 valence electrons. The molecule has 5 heteroatoms. The molecule has 1 aromatic rings. The van der Waals surface area contributed by atoms with Crippen LogP contribution in [0.4, 0.5) is 4.79 Å². The van der Waals surface area contributed by atoms with Crippen LogP contribution in [0.1, 0.15) is 5.56 Å². The molecule has 19 heavy (non-hydrogen) atoms. The lowest BCUT2D eigenvalue weighted by Crippen LogP contribution is -2.34. The fourth-order valence-electron chi connectivity index (χ4n) is 1.41. The summed E-state index contributed by atoms with van der Waals surface area (Å²) in [4.78, 5) is 13.3. The van der Waals surface area contributed by atoms with Crippen LogP contribution >= 0.6 is 0 Å². The Morgan fingerprint density at radius 2 is 1.84 bits per heavy atom. The van der Waals surface area contributed by atoms with E-state index in [1.54, 1.807) is 11.9 Å². The standard InChI is InChI=1S/C14H23NO3Si/c1-15(10-11-18-19(2,3)4)14(16)17-12-13-8-6-5-7-9-13/h5-9H,10-12H2,1-4H3. The Morgan fingerprint density at radius 3 is 2.42 bits per heavy atom. The summed E-state index contributed by atoms with van der Waals surface area (Å²) in [5.74, 6) is 0. The highest BCUT2D eigenvalue weighted by Gasteiger charge is 2.15.